The molecule has 10 nitrogen and oxygen atoms in total. The molecule has 0 bridgehead atoms. The number of likely N-dealkylation sites (tertiary alicyclic amines) is 1. The molecule has 3 aliphatic heterocycles. The molecule has 0 aromatic heterocycles. The minimum atomic E-state index is -3.71. The molecule has 2 saturated heterocycles. The van der Waals surface area contributed by atoms with Gasteiger partial charge in [0.2, 0.25) is 27.7 Å². The number of nitrogens with two attached hydrogens (primary N) is 1. The van der Waals surface area contributed by atoms with E-state index >= 15 is 0 Å². The number of carbonyl (C=O) groups is 3. The minimum absolute atomic E-state index is 0.0780. The highest BCUT2D eigenvalue weighted by Gasteiger charge is 2.41. The molecule has 4 rings (SSSR count). The van der Waals surface area contributed by atoms with Crippen molar-refractivity contribution < 1.29 is 22.8 Å². The van der Waals surface area contributed by atoms with Gasteiger partial charge in [-0.05, 0) is 50.3 Å². The molecule has 0 aliphatic carbocycles. The molecule has 3 heterocycles. The van der Waals surface area contributed by atoms with Crippen molar-refractivity contribution in [2.24, 2.45) is 11.7 Å². The van der Waals surface area contributed by atoms with Crippen LogP contribution in [0.3, 0.4) is 0 Å². The van der Waals surface area contributed by atoms with Gasteiger partial charge in [-0.25, -0.2) is 12.7 Å². The lowest BCUT2D eigenvalue weighted by molar-refractivity contribution is -0.134. The lowest BCUT2D eigenvalue weighted by Gasteiger charge is -2.45. The highest BCUT2D eigenvalue weighted by atomic mass is 32.2. The fourth-order valence-corrected chi connectivity index (χ4v) is 5.84. The molecule has 0 saturated carbocycles. The van der Waals surface area contributed by atoms with Crippen molar-refractivity contribution in [1.82, 2.24) is 9.21 Å². The second-order valence-electron chi connectivity index (χ2n) is 9.12. The predicted molar refractivity (Wildman–Crippen MR) is 123 cm³/mol. The average Bonchev–Trinajstić information content (AvgIpc) is 2.81. The first-order valence-electron chi connectivity index (χ1n) is 11.3. The zero-order chi connectivity index (χ0) is 23.9. The van der Waals surface area contributed by atoms with Gasteiger partial charge >= 0.3 is 0 Å². The number of sulfonamides is 1. The Balaban J connectivity index is 1.65. The summed E-state index contributed by atoms with van der Waals surface area (Å²) in [7, 11) is -0.794. The minimum Gasteiger partial charge on any atom is -0.369 e. The third-order valence-corrected chi connectivity index (χ3v) is 8.73. The molecule has 3 aliphatic rings. The normalized spacial score (nSPS) is 21.7. The molecule has 2 N–H and O–H groups in total. The van der Waals surface area contributed by atoms with Gasteiger partial charge in [-0.2, -0.15) is 0 Å². The largest absolute Gasteiger partial charge is 0.369 e. The Bertz CT molecular complexity index is 1060. The number of rotatable bonds is 5. The number of carbonyl (C=O) groups excluding carboxylic acids is 3. The monoisotopic (exact) mass is 477 g/mol. The third kappa shape index (κ3) is 4.31. The van der Waals surface area contributed by atoms with E-state index in [2.05, 4.69) is 0 Å². The van der Waals surface area contributed by atoms with E-state index in [1.807, 2.05) is 4.90 Å². The number of hydrogen-bond acceptors (Lipinski definition) is 6. The van der Waals surface area contributed by atoms with E-state index < -0.39 is 10.0 Å². The fraction of sp³-hybridized carbons (Fsp3) is 0.591. The van der Waals surface area contributed by atoms with Gasteiger partial charge in [0.15, 0.2) is 0 Å². The fourth-order valence-electron chi connectivity index (χ4n) is 4.92. The second kappa shape index (κ2) is 8.94. The van der Waals surface area contributed by atoms with Crippen molar-refractivity contribution in [2.75, 3.05) is 50.1 Å². The maximum absolute atomic E-state index is 13.5. The van der Waals surface area contributed by atoms with Crippen LogP contribution in [-0.2, 0) is 24.4 Å². The molecular formula is C22H31N5O5S. The molecule has 1 unspecified atom stereocenters. The molecule has 0 radical (unpaired) electrons. The van der Waals surface area contributed by atoms with Gasteiger partial charge in [0, 0.05) is 39.6 Å². The number of anilines is 2. The number of hydrogen-bond donors (Lipinski definition) is 1. The van der Waals surface area contributed by atoms with E-state index in [1.165, 1.54) is 25.1 Å². The van der Waals surface area contributed by atoms with Gasteiger partial charge in [-0.15, -0.1) is 0 Å². The lowest BCUT2D eigenvalue weighted by Crippen LogP contribution is -2.57. The zero-order valence-corrected chi connectivity index (χ0v) is 19.9. The van der Waals surface area contributed by atoms with Crippen molar-refractivity contribution in [3.8, 4) is 0 Å². The smallest absolute Gasteiger partial charge is 0.250 e. The molecule has 180 valence electrons. The van der Waals surface area contributed by atoms with Crippen molar-refractivity contribution >= 4 is 39.1 Å². The van der Waals surface area contributed by atoms with Crippen LogP contribution in [0.15, 0.2) is 23.1 Å². The van der Waals surface area contributed by atoms with Crippen LogP contribution in [-0.4, -0.2) is 81.7 Å². The van der Waals surface area contributed by atoms with E-state index in [0.29, 0.717) is 44.6 Å². The molecular weight excluding hydrogens is 446 g/mol. The Labute approximate surface area is 194 Å². The standard InChI is InChI=1S/C22H31N5O5S/c1-24(2)33(31,32)16-6-7-17-19(13-16)27(22(30)18-5-3-4-10-26(17)18)14-20(28)25-11-8-15(9-12-25)21(23)29/h6-7,13,15,18H,3-5,8-12,14H2,1-2H3,(H2,23,29). The van der Waals surface area contributed by atoms with Gasteiger partial charge in [-0.3, -0.25) is 19.3 Å². The number of amides is 3. The summed E-state index contributed by atoms with van der Waals surface area (Å²) < 4.78 is 26.6. The van der Waals surface area contributed by atoms with Crippen LogP contribution in [0.25, 0.3) is 0 Å². The van der Waals surface area contributed by atoms with Gasteiger partial charge in [0.05, 0.1) is 16.3 Å². The van der Waals surface area contributed by atoms with Crippen LogP contribution in [0, 0.1) is 5.92 Å². The van der Waals surface area contributed by atoms with Gasteiger partial charge in [0.1, 0.15) is 12.6 Å². The van der Waals surface area contributed by atoms with Crippen molar-refractivity contribution in [3.05, 3.63) is 18.2 Å². The molecule has 3 amide bonds. The van der Waals surface area contributed by atoms with Gasteiger partial charge in [0.25, 0.3) is 0 Å². The maximum Gasteiger partial charge on any atom is 0.250 e. The van der Waals surface area contributed by atoms with E-state index in [-0.39, 0.29) is 41.1 Å². The number of piperidine rings is 2. The maximum atomic E-state index is 13.5. The Morgan fingerprint density at radius 2 is 1.76 bits per heavy atom. The van der Waals surface area contributed by atoms with Crippen LogP contribution >= 0.6 is 0 Å². The Hall–Kier alpha value is -2.66. The SMILES string of the molecule is CN(C)S(=O)(=O)c1ccc2c(c1)N(CC(=O)N1CCC(C(N)=O)CC1)C(=O)C1CCCCN21. The summed E-state index contributed by atoms with van der Waals surface area (Å²) in [6.07, 6.45) is 3.59. The molecule has 11 heteroatoms. The Kier molecular flexibility index (Phi) is 6.37. The highest BCUT2D eigenvalue weighted by Crippen LogP contribution is 2.41. The highest BCUT2D eigenvalue weighted by molar-refractivity contribution is 7.89. The first-order chi connectivity index (χ1) is 15.6. The molecule has 1 aromatic carbocycles. The Morgan fingerprint density at radius 1 is 1.06 bits per heavy atom. The van der Waals surface area contributed by atoms with Gasteiger partial charge in [-0.1, -0.05) is 0 Å². The van der Waals surface area contributed by atoms with Gasteiger partial charge < -0.3 is 15.5 Å². The number of primary amides is 1. The van der Waals surface area contributed by atoms with E-state index in [1.54, 1.807) is 17.0 Å². The molecule has 2 fully saturated rings. The summed E-state index contributed by atoms with van der Waals surface area (Å²) >= 11 is 0. The summed E-state index contributed by atoms with van der Waals surface area (Å²) in [6, 6.07) is 4.45. The third-order valence-electron chi connectivity index (χ3n) is 6.92. The number of fused-ring (bicyclic) bond motifs is 3. The number of nitrogens with zero attached hydrogens (tertiary/aromatic N) is 4. The number of benzene rings is 1. The molecule has 33 heavy (non-hydrogen) atoms. The van der Waals surface area contributed by atoms with Crippen LogP contribution in [0.1, 0.15) is 32.1 Å². The molecule has 1 aromatic rings. The summed E-state index contributed by atoms with van der Waals surface area (Å²) in [5.41, 5.74) is 6.61. The first-order valence-corrected chi connectivity index (χ1v) is 12.8. The van der Waals surface area contributed by atoms with Crippen molar-refractivity contribution in [2.45, 2.75) is 43.0 Å². The van der Waals surface area contributed by atoms with E-state index in [4.69, 9.17) is 5.73 Å². The van der Waals surface area contributed by atoms with Crippen LogP contribution in [0.4, 0.5) is 11.4 Å². The predicted octanol–water partition coefficient (Wildman–Crippen LogP) is 0.366. The Morgan fingerprint density at radius 3 is 2.39 bits per heavy atom. The second-order valence-corrected chi connectivity index (χ2v) is 11.3. The quantitative estimate of drug-likeness (QED) is 0.653. The first kappa shape index (κ1) is 23.5. The molecule has 0 spiro atoms. The van der Waals surface area contributed by atoms with Crippen LogP contribution in [0.2, 0.25) is 0 Å². The summed E-state index contributed by atoms with van der Waals surface area (Å²) in [6.45, 7) is 1.37. The summed E-state index contributed by atoms with van der Waals surface area (Å²) in [5, 5.41) is 0. The van der Waals surface area contributed by atoms with E-state index in [9.17, 15) is 22.8 Å². The topological polar surface area (TPSA) is 124 Å². The van der Waals surface area contributed by atoms with Crippen LogP contribution < -0.4 is 15.5 Å². The van der Waals surface area contributed by atoms with Crippen molar-refractivity contribution in [1.29, 1.82) is 0 Å². The summed E-state index contributed by atoms with van der Waals surface area (Å²) in [4.78, 5) is 43.2. The van der Waals surface area contributed by atoms with E-state index in [0.717, 1.165) is 22.8 Å². The van der Waals surface area contributed by atoms with Crippen molar-refractivity contribution in [3.63, 3.8) is 0 Å². The average molecular weight is 478 g/mol. The molecule has 1 atom stereocenters. The van der Waals surface area contributed by atoms with Crippen LogP contribution in [0.5, 0.6) is 0 Å². The lowest BCUT2D eigenvalue weighted by atomic mass is 9.95. The zero-order valence-electron chi connectivity index (χ0n) is 19.1. The summed E-state index contributed by atoms with van der Waals surface area (Å²) in [5.74, 6) is -0.987.